The van der Waals surface area contributed by atoms with Crippen LogP contribution in [0.4, 0.5) is 0 Å². The van der Waals surface area contributed by atoms with Gasteiger partial charge in [0.2, 0.25) is 5.28 Å². The zero-order chi connectivity index (χ0) is 11.7. The number of fused-ring (bicyclic) bond motifs is 1. The van der Waals surface area contributed by atoms with Gasteiger partial charge in [-0.25, -0.2) is 4.98 Å². The smallest absolute Gasteiger partial charge is 0.309 e. The molecule has 0 aliphatic rings. The van der Waals surface area contributed by atoms with Crippen molar-refractivity contribution in [2.75, 3.05) is 7.11 Å². The van der Waals surface area contributed by atoms with Gasteiger partial charge in [-0.1, -0.05) is 0 Å². The molecule has 84 valence electrons. The minimum Gasteiger partial charge on any atom is -0.469 e. The molecule has 0 amide bonds. The van der Waals surface area contributed by atoms with Crippen molar-refractivity contribution in [3.63, 3.8) is 0 Å². The maximum absolute atomic E-state index is 11.1. The summed E-state index contributed by atoms with van der Waals surface area (Å²) in [5, 5.41) is 0.325. The van der Waals surface area contributed by atoms with Gasteiger partial charge in [0, 0.05) is 4.47 Å². The van der Waals surface area contributed by atoms with Crippen molar-refractivity contribution in [2.24, 2.45) is 0 Å². The average Bonchev–Trinajstić information content (AvgIpc) is 2.59. The number of nitrogens with one attached hydrogen (secondary N) is 1. The van der Waals surface area contributed by atoms with E-state index >= 15 is 0 Å². The van der Waals surface area contributed by atoms with Crippen LogP contribution in [0, 0.1) is 0 Å². The topological polar surface area (TPSA) is 55.0 Å². The molecular weight excluding hydrogens is 295 g/mol. The molecule has 1 heterocycles. The highest BCUT2D eigenvalue weighted by Crippen LogP contribution is 2.25. The molecule has 1 aromatic heterocycles. The van der Waals surface area contributed by atoms with E-state index in [2.05, 4.69) is 30.6 Å². The minimum atomic E-state index is -0.281. The molecule has 0 bridgehead atoms. The molecule has 0 spiro atoms. The van der Waals surface area contributed by atoms with Gasteiger partial charge in [-0.2, -0.15) is 0 Å². The number of benzene rings is 1. The third-order valence-corrected chi connectivity index (χ3v) is 2.93. The van der Waals surface area contributed by atoms with E-state index in [4.69, 9.17) is 11.6 Å². The lowest BCUT2D eigenvalue weighted by Crippen LogP contribution is -2.04. The molecule has 0 saturated carbocycles. The number of hydrogen-bond acceptors (Lipinski definition) is 3. The fourth-order valence-electron chi connectivity index (χ4n) is 1.44. The summed E-state index contributed by atoms with van der Waals surface area (Å²) >= 11 is 9.14. The minimum absolute atomic E-state index is 0.224. The van der Waals surface area contributed by atoms with E-state index in [0.29, 0.717) is 5.28 Å². The first-order valence-corrected chi connectivity index (χ1v) is 5.67. The molecule has 2 rings (SSSR count). The molecule has 2 aromatic rings. The fourth-order valence-corrected chi connectivity index (χ4v) is 2.22. The van der Waals surface area contributed by atoms with Crippen LogP contribution in [0.15, 0.2) is 16.6 Å². The summed E-state index contributed by atoms with van der Waals surface area (Å²) < 4.78 is 5.40. The van der Waals surface area contributed by atoms with E-state index in [9.17, 15) is 4.79 Å². The molecule has 0 radical (unpaired) electrons. The Morgan fingerprint density at radius 2 is 2.38 bits per heavy atom. The number of esters is 1. The Balaban J connectivity index is 2.45. The molecule has 0 aliphatic heterocycles. The van der Waals surface area contributed by atoms with E-state index in [1.807, 2.05) is 12.1 Å². The highest BCUT2D eigenvalue weighted by molar-refractivity contribution is 9.10. The molecule has 0 unspecified atom stereocenters. The van der Waals surface area contributed by atoms with Crippen molar-refractivity contribution in [1.29, 1.82) is 0 Å². The second-order valence-corrected chi connectivity index (χ2v) is 4.47. The van der Waals surface area contributed by atoms with Crippen LogP contribution in [0.3, 0.4) is 0 Å². The van der Waals surface area contributed by atoms with Gasteiger partial charge in [0.25, 0.3) is 0 Å². The molecule has 1 N–H and O–H groups in total. The lowest BCUT2D eigenvalue weighted by Gasteiger charge is -2.01. The van der Waals surface area contributed by atoms with E-state index in [-0.39, 0.29) is 12.4 Å². The van der Waals surface area contributed by atoms with Crippen LogP contribution in [-0.4, -0.2) is 23.0 Å². The Bertz CT molecular complexity index is 553. The fraction of sp³-hybridized carbons (Fsp3) is 0.200. The molecular formula is C10H8BrClN2O2. The highest BCUT2D eigenvalue weighted by atomic mass is 79.9. The Hall–Kier alpha value is -1.07. The van der Waals surface area contributed by atoms with Crippen LogP contribution >= 0.6 is 27.5 Å². The van der Waals surface area contributed by atoms with Gasteiger partial charge in [0.15, 0.2) is 0 Å². The number of H-pyrrole nitrogens is 1. The first-order chi connectivity index (χ1) is 7.60. The number of hydrogen-bond donors (Lipinski definition) is 1. The van der Waals surface area contributed by atoms with E-state index in [1.54, 1.807) is 0 Å². The highest BCUT2D eigenvalue weighted by Gasteiger charge is 2.09. The molecule has 6 heteroatoms. The quantitative estimate of drug-likeness (QED) is 0.868. The van der Waals surface area contributed by atoms with Crippen LogP contribution in [0.25, 0.3) is 11.0 Å². The standard InChI is InChI=1S/C10H8BrClN2O2/c1-16-8(15)4-5-2-6(11)9-7(3-5)13-10(12)14-9/h2-3H,4H2,1H3,(H,13,14). The first-order valence-electron chi connectivity index (χ1n) is 4.50. The largest absolute Gasteiger partial charge is 0.469 e. The number of aromatic nitrogens is 2. The third kappa shape index (κ3) is 2.20. The Kier molecular flexibility index (Phi) is 3.16. The van der Waals surface area contributed by atoms with Gasteiger partial charge in [0.1, 0.15) is 5.52 Å². The molecule has 0 fully saturated rings. The predicted molar refractivity (Wildman–Crippen MR) is 64.5 cm³/mol. The second kappa shape index (κ2) is 4.43. The summed E-state index contributed by atoms with van der Waals surface area (Å²) in [5.74, 6) is -0.281. The number of halogens is 2. The summed E-state index contributed by atoms with van der Waals surface area (Å²) in [6, 6.07) is 3.66. The van der Waals surface area contributed by atoms with Crippen molar-refractivity contribution in [1.82, 2.24) is 9.97 Å². The molecule has 16 heavy (non-hydrogen) atoms. The maximum Gasteiger partial charge on any atom is 0.309 e. The van der Waals surface area contributed by atoms with Crippen molar-refractivity contribution < 1.29 is 9.53 Å². The summed E-state index contributed by atoms with van der Waals surface area (Å²) in [6.45, 7) is 0. The Morgan fingerprint density at radius 1 is 1.62 bits per heavy atom. The SMILES string of the molecule is COC(=O)Cc1cc(Br)c2nc(Cl)[nH]c2c1. The number of carbonyl (C=O) groups is 1. The van der Waals surface area contributed by atoms with Crippen molar-refractivity contribution >= 4 is 44.5 Å². The average molecular weight is 304 g/mol. The molecule has 1 aromatic carbocycles. The van der Waals surface area contributed by atoms with Crippen molar-refractivity contribution in [3.8, 4) is 0 Å². The number of rotatable bonds is 2. The predicted octanol–water partition coefficient (Wildman–Crippen LogP) is 2.69. The van der Waals surface area contributed by atoms with Crippen molar-refractivity contribution in [2.45, 2.75) is 6.42 Å². The van der Waals surface area contributed by atoms with E-state index < -0.39 is 0 Å². The summed E-state index contributed by atoms with van der Waals surface area (Å²) in [7, 11) is 1.36. The zero-order valence-electron chi connectivity index (χ0n) is 8.38. The summed E-state index contributed by atoms with van der Waals surface area (Å²) in [6.07, 6.45) is 0.224. The molecule has 0 atom stereocenters. The van der Waals surface area contributed by atoms with Crippen molar-refractivity contribution in [3.05, 3.63) is 27.5 Å². The zero-order valence-corrected chi connectivity index (χ0v) is 10.7. The number of carbonyl (C=O) groups excluding carboxylic acids is 1. The number of nitrogens with zero attached hydrogens (tertiary/aromatic N) is 1. The van der Waals surface area contributed by atoms with E-state index in [1.165, 1.54) is 7.11 Å². The summed E-state index contributed by atoms with van der Waals surface area (Å²) in [5.41, 5.74) is 2.38. The first kappa shape index (κ1) is 11.4. The van der Waals surface area contributed by atoms with Crippen LogP contribution in [-0.2, 0) is 16.0 Å². The normalized spacial score (nSPS) is 10.7. The Morgan fingerprint density at radius 3 is 3.06 bits per heavy atom. The van der Waals surface area contributed by atoms with Gasteiger partial charge in [-0.3, -0.25) is 4.79 Å². The van der Waals surface area contributed by atoms with E-state index in [0.717, 1.165) is 21.1 Å². The van der Waals surface area contributed by atoms with Gasteiger partial charge < -0.3 is 9.72 Å². The lowest BCUT2D eigenvalue weighted by atomic mass is 10.1. The van der Waals surface area contributed by atoms with Crippen LogP contribution in [0.5, 0.6) is 0 Å². The van der Waals surface area contributed by atoms with Crippen LogP contribution < -0.4 is 0 Å². The third-order valence-electron chi connectivity index (χ3n) is 2.15. The number of imidazole rings is 1. The van der Waals surface area contributed by atoms with Crippen LogP contribution in [0.1, 0.15) is 5.56 Å². The summed E-state index contributed by atoms with van der Waals surface area (Å²) in [4.78, 5) is 18.1. The number of aromatic amines is 1. The maximum atomic E-state index is 11.1. The van der Waals surface area contributed by atoms with Gasteiger partial charge in [-0.15, -0.1) is 0 Å². The molecule has 0 aliphatic carbocycles. The van der Waals surface area contributed by atoms with Crippen LogP contribution in [0.2, 0.25) is 5.28 Å². The Labute approximate surface area is 105 Å². The second-order valence-electron chi connectivity index (χ2n) is 3.25. The lowest BCUT2D eigenvalue weighted by molar-refractivity contribution is -0.139. The molecule has 4 nitrogen and oxygen atoms in total. The monoisotopic (exact) mass is 302 g/mol. The van der Waals surface area contributed by atoms with Gasteiger partial charge >= 0.3 is 5.97 Å². The number of methoxy groups -OCH3 is 1. The number of ether oxygens (including phenoxy) is 1. The molecule has 0 saturated heterocycles. The van der Waals surface area contributed by atoms with Gasteiger partial charge in [0.05, 0.1) is 19.0 Å². The van der Waals surface area contributed by atoms with Gasteiger partial charge in [-0.05, 0) is 45.2 Å².